The maximum atomic E-state index is 10.3. The minimum atomic E-state index is -0.206. The zero-order valence-electron chi connectivity index (χ0n) is 14.9. The van der Waals surface area contributed by atoms with Crippen LogP contribution < -0.4 is 9.64 Å². The van der Waals surface area contributed by atoms with Gasteiger partial charge in [-0.25, -0.2) is 15.0 Å². The van der Waals surface area contributed by atoms with Gasteiger partial charge in [0.25, 0.3) is 0 Å². The molecule has 1 aliphatic heterocycles. The zero-order valence-corrected chi connectivity index (χ0v) is 14.9. The molecule has 0 amide bonds. The number of ether oxygens (including phenoxy) is 1. The number of nitrogens with one attached hydrogen (secondary N) is 1. The van der Waals surface area contributed by atoms with Gasteiger partial charge in [0.05, 0.1) is 20.0 Å². The van der Waals surface area contributed by atoms with Gasteiger partial charge in [0.2, 0.25) is 0 Å². The first-order chi connectivity index (χ1) is 12.7. The van der Waals surface area contributed by atoms with Gasteiger partial charge in [-0.3, -0.25) is 0 Å². The van der Waals surface area contributed by atoms with Crippen molar-refractivity contribution in [2.45, 2.75) is 19.3 Å². The fourth-order valence-electron chi connectivity index (χ4n) is 3.93. The lowest BCUT2D eigenvalue weighted by molar-refractivity contribution is 0.105. The number of hydrogen-bond acceptors (Lipinski definition) is 6. The molecule has 2 aromatic heterocycles. The van der Waals surface area contributed by atoms with Crippen molar-refractivity contribution >= 4 is 17.0 Å². The molecular formula is C19H23N5O2. The van der Waals surface area contributed by atoms with E-state index < -0.39 is 0 Å². The Hall–Kier alpha value is -2.67. The number of rotatable bonds is 5. The fraction of sp³-hybridized carbons (Fsp3) is 0.421. The molecule has 1 unspecified atom stereocenters. The smallest absolute Gasteiger partial charge is 0.182 e. The second kappa shape index (κ2) is 6.92. The first-order valence-corrected chi connectivity index (χ1v) is 8.86. The normalized spacial score (nSPS) is 20.5. The second-order valence-electron chi connectivity index (χ2n) is 7.01. The number of imidazole rings is 1. The van der Waals surface area contributed by atoms with Crippen LogP contribution in [-0.2, 0) is 6.42 Å². The predicted octanol–water partition coefficient (Wildman–Crippen LogP) is 2.18. The van der Waals surface area contributed by atoms with E-state index in [0.29, 0.717) is 5.65 Å². The Morgan fingerprint density at radius 1 is 1.31 bits per heavy atom. The molecule has 26 heavy (non-hydrogen) atoms. The van der Waals surface area contributed by atoms with Gasteiger partial charge in [0.15, 0.2) is 11.5 Å². The van der Waals surface area contributed by atoms with E-state index in [-0.39, 0.29) is 12.0 Å². The van der Waals surface area contributed by atoms with Crippen LogP contribution in [0, 0.1) is 5.41 Å². The zero-order chi connectivity index (χ0) is 18.0. The Kier molecular flexibility index (Phi) is 4.46. The molecule has 0 radical (unpaired) electrons. The van der Waals surface area contributed by atoms with Crippen molar-refractivity contribution in [1.82, 2.24) is 19.9 Å². The minimum Gasteiger partial charge on any atom is -0.497 e. The minimum absolute atomic E-state index is 0.137. The summed E-state index contributed by atoms with van der Waals surface area (Å²) in [6.07, 6.45) is 5.98. The van der Waals surface area contributed by atoms with E-state index in [2.05, 4.69) is 30.9 Å². The molecule has 1 saturated heterocycles. The van der Waals surface area contributed by atoms with Crippen molar-refractivity contribution < 1.29 is 9.84 Å². The predicted molar refractivity (Wildman–Crippen MR) is 99.3 cm³/mol. The number of aromatic amines is 1. The van der Waals surface area contributed by atoms with E-state index in [1.54, 1.807) is 19.8 Å². The number of benzene rings is 1. The van der Waals surface area contributed by atoms with Crippen molar-refractivity contribution in [3.8, 4) is 5.75 Å². The Morgan fingerprint density at radius 3 is 3.08 bits per heavy atom. The third kappa shape index (κ3) is 3.10. The van der Waals surface area contributed by atoms with E-state index >= 15 is 0 Å². The van der Waals surface area contributed by atoms with E-state index in [4.69, 9.17) is 4.74 Å². The number of hydrogen-bond donors (Lipinski definition) is 2. The highest BCUT2D eigenvalue weighted by Gasteiger charge is 2.36. The number of nitrogens with zero attached hydrogens (tertiary/aromatic N) is 4. The van der Waals surface area contributed by atoms with Gasteiger partial charge in [-0.1, -0.05) is 12.1 Å². The van der Waals surface area contributed by atoms with Gasteiger partial charge in [-0.2, -0.15) is 0 Å². The van der Waals surface area contributed by atoms with Crippen molar-refractivity contribution in [2.75, 3.05) is 31.7 Å². The number of methoxy groups -OCH3 is 1. The lowest BCUT2D eigenvalue weighted by Gasteiger charge is -2.42. The van der Waals surface area contributed by atoms with Crippen molar-refractivity contribution in [3.63, 3.8) is 0 Å². The molecule has 3 heterocycles. The molecule has 0 saturated carbocycles. The van der Waals surface area contributed by atoms with Crippen molar-refractivity contribution in [3.05, 3.63) is 42.5 Å². The average molecular weight is 353 g/mol. The van der Waals surface area contributed by atoms with Crippen LogP contribution in [0.2, 0.25) is 0 Å². The van der Waals surface area contributed by atoms with Crippen LogP contribution in [0.1, 0.15) is 18.4 Å². The topological polar surface area (TPSA) is 87.2 Å². The molecule has 0 bridgehead atoms. The summed E-state index contributed by atoms with van der Waals surface area (Å²) in [4.78, 5) is 18.3. The molecule has 136 valence electrons. The van der Waals surface area contributed by atoms with Gasteiger partial charge in [0.1, 0.15) is 17.6 Å². The third-order valence-electron chi connectivity index (χ3n) is 5.21. The van der Waals surface area contributed by atoms with Gasteiger partial charge in [0, 0.05) is 18.5 Å². The molecule has 7 nitrogen and oxygen atoms in total. The molecule has 1 fully saturated rings. The molecule has 0 spiro atoms. The quantitative estimate of drug-likeness (QED) is 0.731. The third-order valence-corrected chi connectivity index (χ3v) is 5.21. The molecular weight excluding hydrogens is 330 g/mol. The first-order valence-electron chi connectivity index (χ1n) is 8.86. The van der Waals surface area contributed by atoms with Crippen LogP contribution in [0.3, 0.4) is 0 Å². The molecule has 1 aromatic carbocycles. The number of H-pyrrole nitrogens is 1. The van der Waals surface area contributed by atoms with E-state index in [1.807, 2.05) is 18.2 Å². The molecule has 2 N–H and O–H groups in total. The van der Waals surface area contributed by atoms with Crippen LogP contribution in [0.15, 0.2) is 36.9 Å². The number of piperidine rings is 1. The summed E-state index contributed by atoms with van der Waals surface area (Å²) in [7, 11) is 1.67. The van der Waals surface area contributed by atoms with Crippen LogP contribution >= 0.6 is 0 Å². The fourth-order valence-corrected chi connectivity index (χ4v) is 3.93. The molecule has 1 aliphatic rings. The standard InChI is InChI=1S/C19H23N5O2/c1-26-15-5-2-4-14(8-15)9-19(11-25)6-3-7-24(10-19)18-16-17(21-12-20-16)22-13-23-18/h2,4-5,8,12-13,25H,3,6-7,9-11H2,1H3,(H,20,21,22,23). The number of anilines is 1. The van der Waals surface area contributed by atoms with Crippen LogP contribution in [0.4, 0.5) is 5.82 Å². The SMILES string of the molecule is COc1cccc(CC2(CO)CCCN(c3ncnc4nc[nH]c34)C2)c1. The number of aliphatic hydroxyl groups is 1. The second-order valence-corrected chi connectivity index (χ2v) is 7.01. The Labute approximate surface area is 152 Å². The highest BCUT2D eigenvalue weighted by atomic mass is 16.5. The average Bonchev–Trinajstić information content (AvgIpc) is 3.17. The summed E-state index contributed by atoms with van der Waals surface area (Å²) in [6.45, 7) is 1.79. The van der Waals surface area contributed by atoms with Gasteiger partial charge in [-0.05, 0) is 37.0 Å². The Morgan fingerprint density at radius 2 is 2.23 bits per heavy atom. The van der Waals surface area contributed by atoms with Crippen LogP contribution in [-0.4, -0.2) is 51.8 Å². The highest BCUT2D eigenvalue weighted by molar-refractivity contribution is 5.82. The summed E-state index contributed by atoms with van der Waals surface area (Å²) in [6, 6.07) is 8.08. The maximum absolute atomic E-state index is 10.3. The Balaban J connectivity index is 1.62. The summed E-state index contributed by atoms with van der Waals surface area (Å²) < 4.78 is 5.34. The Bertz CT molecular complexity index is 896. The van der Waals surface area contributed by atoms with Crippen molar-refractivity contribution in [1.29, 1.82) is 0 Å². The molecule has 1 atom stereocenters. The molecule has 4 rings (SSSR count). The van der Waals surface area contributed by atoms with Crippen LogP contribution in [0.25, 0.3) is 11.2 Å². The van der Waals surface area contributed by atoms with E-state index in [1.165, 1.54) is 5.56 Å². The lowest BCUT2D eigenvalue weighted by atomic mass is 9.75. The number of fused-ring (bicyclic) bond motifs is 1. The lowest BCUT2D eigenvalue weighted by Crippen LogP contribution is -2.47. The summed E-state index contributed by atoms with van der Waals surface area (Å²) >= 11 is 0. The molecule has 3 aromatic rings. The maximum Gasteiger partial charge on any atom is 0.182 e. The number of aromatic nitrogens is 4. The number of aliphatic hydroxyl groups excluding tert-OH is 1. The van der Waals surface area contributed by atoms with Crippen molar-refractivity contribution in [2.24, 2.45) is 5.41 Å². The van der Waals surface area contributed by atoms with Gasteiger partial charge < -0.3 is 19.7 Å². The molecule has 7 heteroatoms. The highest BCUT2D eigenvalue weighted by Crippen LogP contribution is 2.36. The van der Waals surface area contributed by atoms with E-state index in [9.17, 15) is 5.11 Å². The summed E-state index contributed by atoms with van der Waals surface area (Å²) in [5.41, 5.74) is 2.49. The monoisotopic (exact) mass is 353 g/mol. The van der Waals surface area contributed by atoms with Crippen LogP contribution in [0.5, 0.6) is 5.75 Å². The first kappa shape index (κ1) is 16.8. The summed E-state index contributed by atoms with van der Waals surface area (Å²) in [5.74, 6) is 1.70. The van der Waals surface area contributed by atoms with E-state index in [0.717, 1.165) is 49.4 Å². The summed E-state index contributed by atoms with van der Waals surface area (Å²) in [5, 5.41) is 10.3. The largest absolute Gasteiger partial charge is 0.497 e. The molecule has 0 aliphatic carbocycles. The van der Waals surface area contributed by atoms with Gasteiger partial charge >= 0.3 is 0 Å². The van der Waals surface area contributed by atoms with Gasteiger partial charge in [-0.15, -0.1) is 0 Å².